The van der Waals surface area contributed by atoms with Crippen LogP contribution in [0.1, 0.15) is 22.8 Å². The minimum atomic E-state index is -4.96. The van der Waals surface area contributed by atoms with Crippen LogP contribution in [0.4, 0.5) is 13.2 Å². The maximum atomic E-state index is 12.3. The maximum absolute atomic E-state index is 12.3. The second-order valence-corrected chi connectivity index (χ2v) is 5.25. The third-order valence-electron chi connectivity index (χ3n) is 2.31. The highest BCUT2D eigenvalue weighted by molar-refractivity contribution is 9.10. The summed E-state index contributed by atoms with van der Waals surface area (Å²) in [5.41, 5.74) is -0.410. The summed E-state index contributed by atoms with van der Waals surface area (Å²) >= 11 is 3.00. The van der Waals surface area contributed by atoms with Crippen LogP contribution in [0.15, 0.2) is 18.2 Å². The van der Waals surface area contributed by atoms with Crippen LogP contribution in [0.25, 0.3) is 0 Å². The van der Waals surface area contributed by atoms with Crippen LogP contribution in [0, 0.1) is 0 Å². The van der Waals surface area contributed by atoms with Crippen molar-refractivity contribution in [2.75, 3.05) is 0 Å². The molecule has 1 rings (SSSR count). The Morgan fingerprint density at radius 2 is 2.00 bits per heavy atom. The van der Waals surface area contributed by atoms with Gasteiger partial charge in [0.2, 0.25) is 0 Å². The number of benzene rings is 1. The number of carboxylic acid groups (broad SMARTS) is 1. The lowest BCUT2D eigenvalue weighted by Gasteiger charge is -2.15. The number of carbonyl (C=O) groups excluding carboxylic acids is 1. The fourth-order valence-corrected chi connectivity index (χ4v) is 1.81. The Bertz CT molecular complexity index is 526. The molecule has 4 nitrogen and oxygen atoms in total. The molecule has 1 aromatic rings. The van der Waals surface area contributed by atoms with Gasteiger partial charge in [0.15, 0.2) is 5.78 Å². The van der Waals surface area contributed by atoms with Crippen molar-refractivity contribution in [2.45, 2.75) is 24.5 Å². The number of hydrogen-bond acceptors (Lipinski definition) is 3. The van der Waals surface area contributed by atoms with E-state index in [-0.39, 0.29) is 11.1 Å². The number of ketones is 1. The van der Waals surface area contributed by atoms with E-state index in [2.05, 4.69) is 20.7 Å². The summed E-state index contributed by atoms with van der Waals surface area (Å²) in [7, 11) is 0. The predicted octanol–water partition coefficient (Wildman–Crippen LogP) is 3.18. The Morgan fingerprint density at radius 1 is 1.40 bits per heavy atom. The number of Topliss-reactive ketones (excluding diaryl/α,β-unsaturated/α-hetero) is 1. The van der Waals surface area contributed by atoms with Gasteiger partial charge in [-0.2, -0.15) is 0 Å². The van der Waals surface area contributed by atoms with Crippen LogP contribution in [0.3, 0.4) is 0 Å². The average molecular weight is 355 g/mol. The largest absolute Gasteiger partial charge is 0.573 e. The number of halogens is 4. The van der Waals surface area contributed by atoms with Crippen molar-refractivity contribution < 1.29 is 32.6 Å². The number of rotatable bonds is 5. The zero-order valence-corrected chi connectivity index (χ0v) is 11.8. The molecular weight excluding hydrogens is 345 g/mol. The highest BCUT2D eigenvalue weighted by Gasteiger charge is 2.33. The second kappa shape index (κ2) is 6.25. The number of carboxylic acids is 1. The summed E-state index contributed by atoms with van der Waals surface area (Å²) in [6, 6.07) is 3.44. The molecule has 0 aliphatic heterocycles. The molecule has 0 saturated heterocycles. The Labute approximate surface area is 120 Å². The predicted molar refractivity (Wildman–Crippen MR) is 67.2 cm³/mol. The Balaban J connectivity index is 3.34. The Hall–Kier alpha value is -1.57. The van der Waals surface area contributed by atoms with Gasteiger partial charge >= 0.3 is 12.3 Å². The van der Waals surface area contributed by atoms with Crippen LogP contribution in [0.2, 0.25) is 0 Å². The van der Waals surface area contributed by atoms with Gasteiger partial charge in [0.1, 0.15) is 5.75 Å². The summed E-state index contributed by atoms with van der Waals surface area (Å²) in [6.45, 7) is 1.49. The number of carbonyl (C=O) groups is 2. The molecule has 110 valence electrons. The monoisotopic (exact) mass is 354 g/mol. The molecule has 0 spiro atoms. The molecule has 0 radical (unpaired) electrons. The maximum Gasteiger partial charge on any atom is 0.573 e. The molecule has 0 amide bonds. The topological polar surface area (TPSA) is 63.6 Å². The van der Waals surface area contributed by atoms with Crippen molar-refractivity contribution >= 4 is 27.7 Å². The first-order valence-corrected chi connectivity index (χ1v) is 6.31. The molecule has 0 aliphatic carbocycles. The van der Waals surface area contributed by atoms with Crippen LogP contribution in [-0.2, 0) is 11.2 Å². The minimum Gasteiger partial charge on any atom is -0.481 e. The average Bonchev–Trinajstić information content (AvgIpc) is 2.27. The van der Waals surface area contributed by atoms with E-state index >= 15 is 0 Å². The van der Waals surface area contributed by atoms with Crippen LogP contribution >= 0.6 is 15.9 Å². The Kier molecular flexibility index (Phi) is 5.15. The summed E-state index contributed by atoms with van der Waals surface area (Å²) in [6.07, 6.45) is -5.71. The molecule has 1 unspecified atom stereocenters. The zero-order chi connectivity index (χ0) is 15.5. The van der Waals surface area contributed by atoms with Gasteiger partial charge in [-0.05, 0) is 13.0 Å². The molecule has 0 aromatic heterocycles. The first kappa shape index (κ1) is 16.5. The van der Waals surface area contributed by atoms with Gasteiger partial charge in [0, 0.05) is 11.1 Å². The van der Waals surface area contributed by atoms with E-state index in [0.29, 0.717) is 0 Å². The third-order valence-corrected chi connectivity index (χ3v) is 2.73. The first-order chi connectivity index (χ1) is 9.11. The van der Waals surface area contributed by atoms with Gasteiger partial charge in [-0.25, -0.2) is 0 Å². The van der Waals surface area contributed by atoms with E-state index in [9.17, 15) is 22.8 Å². The molecule has 1 N–H and O–H groups in total. The lowest BCUT2D eigenvalue weighted by Crippen LogP contribution is -2.21. The molecule has 0 fully saturated rings. The molecule has 20 heavy (non-hydrogen) atoms. The van der Waals surface area contributed by atoms with E-state index in [1.807, 2.05) is 0 Å². The summed E-state index contributed by atoms with van der Waals surface area (Å²) in [5.74, 6) is -2.56. The van der Waals surface area contributed by atoms with Gasteiger partial charge in [0.25, 0.3) is 0 Å². The van der Waals surface area contributed by atoms with E-state index in [1.165, 1.54) is 19.1 Å². The van der Waals surface area contributed by atoms with E-state index in [1.54, 1.807) is 0 Å². The molecule has 1 atom stereocenters. The minimum absolute atomic E-state index is 0.112. The van der Waals surface area contributed by atoms with Crippen molar-refractivity contribution in [3.63, 3.8) is 0 Å². The molecule has 0 heterocycles. The van der Waals surface area contributed by atoms with Crippen molar-refractivity contribution in [1.29, 1.82) is 0 Å². The number of aliphatic carboxylic acids is 1. The van der Waals surface area contributed by atoms with E-state index in [0.717, 1.165) is 6.07 Å². The van der Waals surface area contributed by atoms with Gasteiger partial charge in [-0.3, -0.25) is 9.59 Å². The van der Waals surface area contributed by atoms with Crippen molar-refractivity contribution in [3.8, 4) is 5.75 Å². The summed E-state index contributed by atoms with van der Waals surface area (Å²) < 4.78 is 40.6. The van der Waals surface area contributed by atoms with E-state index < -0.39 is 35.1 Å². The molecule has 0 bridgehead atoms. The zero-order valence-electron chi connectivity index (χ0n) is 10.2. The van der Waals surface area contributed by atoms with Crippen LogP contribution < -0.4 is 4.74 Å². The fourth-order valence-electron chi connectivity index (χ4n) is 1.56. The van der Waals surface area contributed by atoms with Crippen molar-refractivity contribution in [1.82, 2.24) is 0 Å². The normalized spacial score (nSPS) is 12.8. The molecular formula is C12H10BrF3O4. The lowest BCUT2D eigenvalue weighted by atomic mass is 9.98. The lowest BCUT2D eigenvalue weighted by molar-refractivity contribution is -0.275. The SMILES string of the molecule is CC(Br)C(=O)c1cccc(OC(F)(F)F)c1CC(=O)O. The van der Waals surface area contributed by atoms with Gasteiger partial charge in [0.05, 0.1) is 11.2 Å². The van der Waals surface area contributed by atoms with Crippen molar-refractivity contribution in [3.05, 3.63) is 29.3 Å². The third kappa shape index (κ3) is 4.52. The molecule has 0 aliphatic rings. The van der Waals surface area contributed by atoms with E-state index in [4.69, 9.17) is 5.11 Å². The quantitative estimate of drug-likeness (QED) is 0.651. The fraction of sp³-hybridized carbons (Fsp3) is 0.333. The number of alkyl halides is 4. The summed E-state index contributed by atoms with van der Waals surface area (Å²) in [5, 5.41) is 8.77. The first-order valence-electron chi connectivity index (χ1n) is 5.39. The number of hydrogen-bond donors (Lipinski definition) is 1. The van der Waals surface area contributed by atoms with Gasteiger partial charge < -0.3 is 9.84 Å². The molecule has 1 aromatic carbocycles. The summed E-state index contributed by atoms with van der Waals surface area (Å²) in [4.78, 5) is 22.0. The van der Waals surface area contributed by atoms with Crippen LogP contribution in [-0.4, -0.2) is 28.0 Å². The number of ether oxygens (including phenoxy) is 1. The Morgan fingerprint density at radius 3 is 2.45 bits per heavy atom. The molecule has 0 saturated carbocycles. The second-order valence-electron chi connectivity index (χ2n) is 3.88. The highest BCUT2D eigenvalue weighted by atomic mass is 79.9. The standard InChI is InChI=1S/C12H10BrF3O4/c1-6(13)11(19)7-3-2-4-9(20-12(14,15)16)8(7)5-10(17)18/h2-4,6H,5H2,1H3,(H,17,18). The smallest absolute Gasteiger partial charge is 0.481 e. The van der Waals surface area contributed by atoms with Gasteiger partial charge in [-0.1, -0.05) is 28.1 Å². The van der Waals surface area contributed by atoms with Gasteiger partial charge in [-0.15, -0.1) is 13.2 Å². The van der Waals surface area contributed by atoms with Crippen molar-refractivity contribution in [2.24, 2.45) is 0 Å². The van der Waals surface area contributed by atoms with Crippen LogP contribution in [0.5, 0.6) is 5.75 Å². The molecule has 8 heteroatoms. The highest BCUT2D eigenvalue weighted by Crippen LogP contribution is 2.30.